The number of aliphatic hydroxyl groups is 1. The molecule has 1 unspecified atom stereocenters. The molecule has 3 aliphatic rings. The monoisotopic (exact) mass is 541 g/mol. The van der Waals surface area contributed by atoms with Gasteiger partial charge in [0.05, 0.1) is 12.8 Å². The van der Waals surface area contributed by atoms with Crippen LogP contribution < -0.4 is 19.9 Å². The quantitative estimate of drug-likeness (QED) is 0.393. The van der Waals surface area contributed by atoms with Crippen molar-refractivity contribution in [3.05, 3.63) is 54.1 Å². The Balaban J connectivity index is 1.49. The van der Waals surface area contributed by atoms with Crippen LogP contribution in [-0.2, 0) is 9.53 Å². The van der Waals surface area contributed by atoms with Crippen molar-refractivity contribution in [3.63, 3.8) is 0 Å². The normalized spacial score (nSPS) is 25.8. The lowest BCUT2D eigenvalue weighted by molar-refractivity contribution is -0.122. The fourth-order valence-corrected chi connectivity index (χ4v) is 8.71. The number of piperidine rings is 1. The van der Waals surface area contributed by atoms with Crippen molar-refractivity contribution < 1.29 is 23.5 Å². The average molecular weight is 542 g/mol. The number of halogens is 1. The van der Waals surface area contributed by atoms with E-state index in [-0.39, 0.29) is 30.1 Å². The van der Waals surface area contributed by atoms with Crippen LogP contribution in [0.15, 0.2) is 48.5 Å². The van der Waals surface area contributed by atoms with E-state index in [1.165, 1.54) is 0 Å². The first-order valence-electron chi connectivity index (χ1n) is 13.7. The van der Waals surface area contributed by atoms with Gasteiger partial charge in [-0.2, -0.15) is 0 Å². The SMILES string of the molecule is CO[C@@H]1c2cc(N3CN(c4ccccc4)C4(CCNCC4)C3=O)ccc2O[C@H](C(CCO)[Si](C)(C)F)[C@H]1C. The third-order valence-corrected chi connectivity index (χ3v) is 11.2. The van der Waals surface area contributed by atoms with Gasteiger partial charge in [-0.1, -0.05) is 25.1 Å². The van der Waals surface area contributed by atoms with Crippen LogP contribution in [0.2, 0.25) is 18.6 Å². The number of amides is 1. The third-order valence-electron chi connectivity index (χ3n) is 8.78. The van der Waals surface area contributed by atoms with Gasteiger partial charge >= 0.3 is 0 Å². The van der Waals surface area contributed by atoms with Gasteiger partial charge < -0.3 is 28.9 Å². The molecular weight excluding hydrogens is 501 g/mol. The Morgan fingerprint density at radius 1 is 1.18 bits per heavy atom. The molecule has 2 fully saturated rings. The van der Waals surface area contributed by atoms with E-state index in [1.807, 2.05) is 48.2 Å². The minimum Gasteiger partial charge on any atom is -0.490 e. The number of carbonyl (C=O) groups is 1. The average Bonchev–Trinajstić information content (AvgIpc) is 3.18. The van der Waals surface area contributed by atoms with Crippen LogP contribution in [-0.4, -0.2) is 64.5 Å². The maximum Gasteiger partial charge on any atom is 0.254 e. The molecule has 3 aliphatic heterocycles. The maximum atomic E-state index is 15.3. The molecule has 2 aromatic carbocycles. The smallest absolute Gasteiger partial charge is 0.254 e. The van der Waals surface area contributed by atoms with Crippen LogP contribution in [0.25, 0.3) is 0 Å². The summed E-state index contributed by atoms with van der Waals surface area (Å²) in [4.78, 5) is 18.2. The predicted molar refractivity (Wildman–Crippen MR) is 150 cm³/mol. The first-order valence-corrected chi connectivity index (χ1v) is 16.7. The number of aliphatic hydroxyl groups excluding tert-OH is 1. The molecule has 2 aromatic rings. The summed E-state index contributed by atoms with van der Waals surface area (Å²) in [7, 11) is -1.44. The molecule has 2 N–H and O–H groups in total. The summed E-state index contributed by atoms with van der Waals surface area (Å²) in [6.07, 6.45) is 1.16. The zero-order chi connectivity index (χ0) is 27.1. The van der Waals surface area contributed by atoms with E-state index < -0.39 is 20.1 Å². The second-order valence-corrected chi connectivity index (χ2v) is 15.3. The summed E-state index contributed by atoms with van der Waals surface area (Å²) >= 11 is 0. The Morgan fingerprint density at radius 3 is 2.53 bits per heavy atom. The topological polar surface area (TPSA) is 74.3 Å². The molecular formula is C29H40FN3O4Si. The summed E-state index contributed by atoms with van der Waals surface area (Å²) in [5.74, 6) is 0.660. The number of anilines is 2. The summed E-state index contributed by atoms with van der Waals surface area (Å²) in [5, 5.41) is 13.1. The molecule has 4 atom stereocenters. The van der Waals surface area contributed by atoms with Crippen molar-refractivity contribution >= 4 is 25.7 Å². The summed E-state index contributed by atoms with van der Waals surface area (Å²) in [5.41, 5.74) is 1.80. The van der Waals surface area contributed by atoms with E-state index in [1.54, 1.807) is 20.2 Å². The number of carbonyl (C=O) groups excluding carboxylic acids is 1. The lowest BCUT2D eigenvalue weighted by Crippen LogP contribution is -2.55. The molecule has 0 bridgehead atoms. The molecule has 3 heterocycles. The minimum absolute atomic E-state index is 0.0761. The van der Waals surface area contributed by atoms with Crippen molar-refractivity contribution in [2.24, 2.45) is 5.92 Å². The van der Waals surface area contributed by atoms with Crippen molar-refractivity contribution in [1.29, 1.82) is 0 Å². The number of nitrogens with zero attached hydrogens (tertiary/aromatic N) is 2. The molecule has 9 heteroatoms. The minimum atomic E-state index is -3.11. The Kier molecular flexibility index (Phi) is 7.56. The van der Waals surface area contributed by atoms with Crippen LogP contribution in [0.4, 0.5) is 15.5 Å². The zero-order valence-electron chi connectivity index (χ0n) is 22.8. The van der Waals surface area contributed by atoms with Gasteiger partial charge in [0.25, 0.3) is 5.91 Å². The van der Waals surface area contributed by atoms with Crippen LogP contribution in [0.1, 0.15) is 37.9 Å². The molecule has 0 saturated carbocycles. The summed E-state index contributed by atoms with van der Waals surface area (Å²) in [6, 6.07) is 16.0. The van der Waals surface area contributed by atoms with Gasteiger partial charge in [-0.05, 0) is 75.8 Å². The standard InChI is InChI=1S/C29H40FN3O4Si/c1-20-26(36-2)23-18-22(10-11-24(23)37-27(20)25(12-17-34)38(3,4)30)32-19-33(21-8-6-5-7-9-21)29(28(32)35)13-15-31-16-14-29/h5-11,18,20,25-27,31,34H,12-17,19H2,1-4H3/t20-,25?,26-,27-/m0/s1. The number of benzene rings is 2. The summed E-state index contributed by atoms with van der Waals surface area (Å²) < 4.78 is 27.7. The summed E-state index contributed by atoms with van der Waals surface area (Å²) in [6.45, 7) is 7.38. The van der Waals surface area contributed by atoms with Gasteiger partial charge in [-0.25, -0.2) is 0 Å². The van der Waals surface area contributed by atoms with Gasteiger partial charge in [0.2, 0.25) is 8.41 Å². The molecule has 0 radical (unpaired) electrons. The first-order chi connectivity index (χ1) is 18.2. The van der Waals surface area contributed by atoms with Gasteiger partial charge in [-0.3, -0.25) is 9.69 Å². The van der Waals surface area contributed by atoms with E-state index in [0.29, 0.717) is 18.8 Å². The van der Waals surface area contributed by atoms with E-state index in [4.69, 9.17) is 9.47 Å². The second-order valence-electron chi connectivity index (χ2n) is 11.4. The van der Waals surface area contributed by atoms with E-state index in [0.717, 1.165) is 42.9 Å². The van der Waals surface area contributed by atoms with Crippen molar-refractivity contribution in [2.45, 2.75) is 62.6 Å². The number of methoxy groups -OCH3 is 1. The second kappa shape index (κ2) is 10.6. The Labute approximate surface area is 226 Å². The number of ether oxygens (including phenoxy) is 2. The van der Waals surface area contributed by atoms with Gasteiger partial charge in [0.15, 0.2) is 0 Å². The molecule has 206 valence electrons. The highest BCUT2D eigenvalue weighted by molar-refractivity contribution is 6.72. The molecule has 5 rings (SSSR count). The van der Waals surface area contributed by atoms with Crippen LogP contribution in [0.3, 0.4) is 0 Å². The Hall–Kier alpha value is -2.46. The lowest BCUT2D eigenvalue weighted by Gasteiger charge is -2.43. The predicted octanol–water partition coefficient (Wildman–Crippen LogP) is 4.63. The number of hydrogen-bond acceptors (Lipinski definition) is 6. The van der Waals surface area contributed by atoms with E-state index in [2.05, 4.69) is 22.3 Å². The van der Waals surface area contributed by atoms with E-state index in [9.17, 15) is 9.90 Å². The number of hydrogen-bond donors (Lipinski definition) is 2. The first kappa shape index (κ1) is 27.1. The van der Waals surface area contributed by atoms with Crippen LogP contribution in [0, 0.1) is 5.92 Å². The van der Waals surface area contributed by atoms with Crippen molar-refractivity contribution in [2.75, 3.05) is 43.3 Å². The highest BCUT2D eigenvalue weighted by Gasteiger charge is 2.53. The third kappa shape index (κ3) is 4.63. The van der Waals surface area contributed by atoms with E-state index >= 15 is 4.11 Å². The number of rotatable bonds is 7. The molecule has 2 saturated heterocycles. The van der Waals surface area contributed by atoms with Gasteiger partial charge in [-0.15, -0.1) is 0 Å². The van der Waals surface area contributed by atoms with Gasteiger partial charge in [0, 0.05) is 42.1 Å². The highest BCUT2D eigenvalue weighted by Crippen LogP contribution is 2.49. The maximum absolute atomic E-state index is 15.3. The van der Waals surface area contributed by atoms with Gasteiger partial charge in [0.1, 0.15) is 17.4 Å². The molecule has 1 spiro atoms. The number of fused-ring (bicyclic) bond motifs is 1. The Bertz CT molecular complexity index is 1140. The molecule has 0 aromatic heterocycles. The number of para-hydroxylation sites is 1. The fraction of sp³-hybridized carbons (Fsp3) is 0.552. The molecule has 1 amide bonds. The van der Waals surface area contributed by atoms with Crippen molar-refractivity contribution in [3.8, 4) is 5.75 Å². The van der Waals surface area contributed by atoms with Crippen molar-refractivity contribution in [1.82, 2.24) is 5.32 Å². The lowest BCUT2D eigenvalue weighted by atomic mass is 9.85. The Morgan fingerprint density at radius 2 is 1.89 bits per heavy atom. The molecule has 38 heavy (non-hydrogen) atoms. The highest BCUT2D eigenvalue weighted by atomic mass is 28.4. The van der Waals surface area contributed by atoms with Crippen LogP contribution >= 0.6 is 0 Å². The number of nitrogens with one attached hydrogen (secondary N) is 1. The fourth-order valence-electron chi connectivity index (χ4n) is 6.74. The largest absolute Gasteiger partial charge is 0.490 e. The molecule has 0 aliphatic carbocycles. The zero-order valence-corrected chi connectivity index (χ0v) is 23.8. The molecule has 7 nitrogen and oxygen atoms in total. The van der Waals surface area contributed by atoms with Crippen LogP contribution in [0.5, 0.6) is 5.75 Å².